The highest BCUT2D eigenvalue weighted by Gasteiger charge is 2.19. The molecule has 0 aromatic carbocycles. The summed E-state index contributed by atoms with van der Waals surface area (Å²) < 4.78 is 17.0. The summed E-state index contributed by atoms with van der Waals surface area (Å²) >= 11 is 0. The van der Waals surface area contributed by atoms with Crippen LogP contribution in [0.3, 0.4) is 0 Å². The van der Waals surface area contributed by atoms with E-state index in [9.17, 15) is 14.4 Å². The zero-order chi connectivity index (χ0) is 58.5. The largest absolute Gasteiger partial charge is 0.462 e. The maximum absolute atomic E-state index is 12.9. The summed E-state index contributed by atoms with van der Waals surface area (Å²) in [6, 6.07) is 0. The lowest BCUT2D eigenvalue weighted by Crippen LogP contribution is -2.30. The molecule has 6 nitrogen and oxygen atoms in total. The van der Waals surface area contributed by atoms with E-state index in [4.69, 9.17) is 14.2 Å². The van der Waals surface area contributed by atoms with Gasteiger partial charge in [0.05, 0.1) is 0 Å². The first-order valence-corrected chi connectivity index (χ1v) is 35.4. The van der Waals surface area contributed by atoms with Gasteiger partial charge in [0.1, 0.15) is 13.2 Å². The third-order valence-electron chi connectivity index (χ3n) is 15.7. The topological polar surface area (TPSA) is 78.9 Å². The Morgan fingerprint density at radius 2 is 0.481 bits per heavy atom. The Balaban J connectivity index is 4.27. The molecule has 0 saturated carbocycles. The first-order valence-electron chi connectivity index (χ1n) is 35.4. The highest BCUT2D eigenvalue weighted by Crippen LogP contribution is 2.18. The van der Waals surface area contributed by atoms with E-state index in [1.807, 2.05) is 0 Å². The van der Waals surface area contributed by atoms with Crippen molar-refractivity contribution in [3.8, 4) is 0 Å². The number of ether oxygens (including phenoxy) is 3. The van der Waals surface area contributed by atoms with Crippen LogP contribution in [-0.2, 0) is 28.6 Å². The predicted molar refractivity (Wildman–Crippen MR) is 353 cm³/mol. The number of carbonyl (C=O) groups excluding carboxylic acids is 3. The summed E-state index contributed by atoms with van der Waals surface area (Å²) in [5.41, 5.74) is 0. The lowest BCUT2D eigenvalue weighted by atomic mass is 10.0. The summed E-state index contributed by atoms with van der Waals surface area (Å²) in [6.07, 6.45) is 90.7. The molecule has 0 saturated heterocycles. The molecule has 0 aliphatic heterocycles. The second kappa shape index (κ2) is 69.3. The second-order valence-corrected chi connectivity index (χ2v) is 23.8. The van der Waals surface area contributed by atoms with E-state index in [1.165, 1.54) is 231 Å². The molecule has 1 unspecified atom stereocenters. The fourth-order valence-corrected chi connectivity index (χ4v) is 10.4. The Hall–Kier alpha value is -3.15. The first kappa shape index (κ1) is 77.9. The average molecular weight is 1130 g/mol. The van der Waals surface area contributed by atoms with Gasteiger partial charge in [-0.15, -0.1) is 0 Å². The molecule has 0 heterocycles. The van der Waals surface area contributed by atoms with Gasteiger partial charge in [-0.2, -0.15) is 0 Å². The van der Waals surface area contributed by atoms with Gasteiger partial charge in [-0.25, -0.2) is 0 Å². The zero-order valence-electron chi connectivity index (χ0n) is 54.1. The van der Waals surface area contributed by atoms with Gasteiger partial charge in [-0.05, 0) is 89.9 Å². The molecule has 0 aliphatic carbocycles. The van der Waals surface area contributed by atoms with Crippen molar-refractivity contribution >= 4 is 17.9 Å². The first-order chi connectivity index (χ1) is 40.0. The van der Waals surface area contributed by atoms with E-state index in [1.54, 1.807) is 0 Å². The molecule has 470 valence electrons. The molecule has 0 radical (unpaired) electrons. The Labute approximate surface area is 503 Å². The minimum absolute atomic E-state index is 0.0738. The Morgan fingerprint density at radius 3 is 0.765 bits per heavy atom. The zero-order valence-corrected chi connectivity index (χ0v) is 54.1. The highest BCUT2D eigenvalue weighted by atomic mass is 16.6. The molecule has 0 N–H and O–H groups in total. The molecule has 81 heavy (non-hydrogen) atoms. The molecule has 0 aromatic heterocycles. The quantitative estimate of drug-likeness (QED) is 0.0261. The van der Waals surface area contributed by atoms with Crippen LogP contribution in [0.4, 0.5) is 0 Å². The predicted octanol–water partition coefficient (Wildman–Crippen LogP) is 24.4. The third kappa shape index (κ3) is 67.5. The molecule has 1 atom stereocenters. The minimum Gasteiger partial charge on any atom is -0.462 e. The molecule has 0 spiro atoms. The number of esters is 3. The molecule has 0 bridgehead atoms. The van der Waals surface area contributed by atoms with Crippen molar-refractivity contribution in [1.29, 1.82) is 0 Å². The number of hydrogen-bond donors (Lipinski definition) is 0. The van der Waals surface area contributed by atoms with Crippen molar-refractivity contribution in [2.45, 2.75) is 374 Å². The van der Waals surface area contributed by atoms with Crippen molar-refractivity contribution in [3.63, 3.8) is 0 Å². The molecule has 0 rings (SSSR count). The van der Waals surface area contributed by atoms with Crippen LogP contribution >= 0.6 is 0 Å². The van der Waals surface area contributed by atoms with E-state index in [2.05, 4.69) is 93.7 Å². The third-order valence-corrected chi connectivity index (χ3v) is 15.7. The van der Waals surface area contributed by atoms with Gasteiger partial charge in [0.15, 0.2) is 6.10 Å². The van der Waals surface area contributed by atoms with Crippen molar-refractivity contribution < 1.29 is 28.6 Å². The molecular formula is C75H134O6. The van der Waals surface area contributed by atoms with E-state index in [0.29, 0.717) is 19.3 Å². The molecule has 0 aromatic rings. The maximum Gasteiger partial charge on any atom is 0.306 e. The number of hydrogen-bond acceptors (Lipinski definition) is 6. The van der Waals surface area contributed by atoms with Crippen LogP contribution < -0.4 is 0 Å². The lowest BCUT2D eigenvalue weighted by Gasteiger charge is -2.18. The maximum atomic E-state index is 12.9. The summed E-state index contributed by atoms with van der Waals surface area (Å²) in [5, 5.41) is 0. The van der Waals surface area contributed by atoms with Crippen molar-refractivity contribution in [1.82, 2.24) is 0 Å². The highest BCUT2D eigenvalue weighted by molar-refractivity contribution is 5.71. The Kier molecular flexibility index (Phi) is 66.6. The van der Waals surface area contributed by atoms with Gasteiger partial charge in [0.2, 0.25) is 0 Å². The Morgan fingerprint density at radius 1 is 0.259 bits per heavy atom. The molecule has 0 aliphatic rings. The normalized spacial score (nSPS) is 12.5. The summed E-state index contributed by atoms with van der Waals surface area (Å²) in [7, 11) is 0. The lowest BCUT2D eigenvalue weighted by molar-refractivity contribution is -0.167. The van der Waals surface area contributed by atoms with Gasteiger partial charge >= 0.3 is 17.9 Å². The van der Waals surface area contributed by atoms with E-state index in [-0.39, 0.29) is 31.1 Å². The molecular weight excluding hydrogens is 997 g/mol. The molecule has 6 heteroatoms. The van der Waals surface area contributed by atoms with Gasteiger partial charge in [0.25, 0.3) is 0 Å². The monoisotopic (exact) mass is 1130 g/mol. The smallest absolute Gasteiger partial charge is 0.306 e. The van der Waals surface area contributed by atoms with E-state index in [0.717, 1.165) is 96.3 Å². The van der Waals surface area contributed by atoms with Crippen LogP contribution in [0.2, 0.25) is 0 Å². The number of carbonyl (C=O) groups is 3. The van der Waals surface area contributed by atoms with Crippen molar-refractivity contribution in [3.05, 3.63) is 72.9 Å². The number of rotatable bonds is 65. The van der Waals surface area contributed by atoms with Gasteiger partial charge in [0, 0.05) is 19.3 Å². The fourth-order valence-electron chi connectivity index (χ4n) is 10.4. The van der Waals surface area contributed by atoms with Crippen molar-refractivity contribution in [2.75, 3.05) is 13.2 Å². The summed E-state index contributed by atoms with van der Waals surface area (Å²) in [4.78, 5) is 38.5. The van der Waals surface area contributed by atoms with Crippen molar-refractivity contribution in [2.24, 2.45) is 0 Å². The van der Waals surface area contributed by atoms with Gasteiger partial charge in [-0.1, -0.05) is 331 Å². The van der Waals surface area contributed by atoms with Crippen LogP contribution in [0.25, 0.3) is 0 Å². The Bertz CT molecular complexity index is 1490. The number of allylic oxidation sites excluding steroid dienone is 12. The second-order valence-electron chi connectivity index (χ2n) is 23.8. The van der Waals surface area contributed by atoms with Gasteiger partial charge in [-0.3, -0.25) is 14.4 Å². The van der Waals surface area contributed by atoms with Gasteiger partial charge < -0.3 is 14.2 Å². The summed E-state index contributed by atoms with van der Waals surface area (Å²) in [5.74, 6) is -0.859. The van der Waals surface area contributed by atoms with E-state index < -0.39 is 6.10 Å². The van der Waals surface area contributed by atoms with Crippen LogP contribution in [-0.4, -0.2) is 37.2 Å². The SMILES string of the molecule is CC/C=C\C/C=C\C/C=C\C/C=C\C/C=C\CCCCCCCCCCCCCCCC(=O)OCC(COC(=O)CCCCCCC/C=C\CCCCCCCCC)OC(=O)CCCCCCCCCCCCCCCCCCCC. The fraction of sp³-hybridized carbons (Fsp3) is 0.800. The molecule has 0 fully saturated rings. The number of unbranched alkanes of at least 4 members (excludes halogenated alkanes) is 42. The standard InChI is InChI=1S/C75H134O6/c1-4-7-10-13-16-19-22-25-28-31-33-34-35-36-37-38-39-40-41-42-43-45-47-50-53-56-59-62-65-68-74(77)80-71-72(70-79-73(76)67-64-61-58-55-52-49-46-30-27-24-21-18-15-12-9-6-3)81-75(78)69-66-63-60-57-54-51-48-44-32-29-26-23-20-17-14-11-8-5-2/h7,10,16,19,25,28,30,33-34,36-37,46,72H,4-6,8-9,11-15,17-18,20-24,26-27,29,31-32,35,38-45,47-71H2,1-3H3/b10-7-,19-16-,28-25-,34-33-,37-36-,46-30-. The van der Waals surface area contributed by atoms with Crippen LogP contribution in [0, 0.1) is 0 Å². The average Bonchev–Trinajstić information content (AvgIpc) is 3.47. The summed E-state index contributed by atoms with van der Waals surface area (Å²) in [6.45, 7) is 6.58. The van der Waals surface area contributed by atoms with Crippen LogP contribution in [0.5, 0.6) is 0 Å². The minimum atomic E-state index is -0.778. The molecule has 0 amide bonds. The van der Waals surface area contributed by atoms with Crippen LogP contribution in [0.1, 0.15) is 367 Å². The van der Waals surface area contributed by atoms with Crippen LogP contribution in [0.15, 0.2) is 72.9 Å². The van der Waals surface area contributed by atoms with E-state index >= 15 is 0 Å².